The molecule has 13 heavy (non-hydrogen) atoms. The van der Waals surface area contributed by atoms with Gasteiger partial charge in [-0.1, -0.05) is 17.7 Å². The van der Waals surface area contributed by atoms with Gasteiger partial charge in [0.1, 0.15) is 0 Å². The summed E-state index contributed by atoms with van der Waals surface area (Å²) >= 11 is 0. The number of aryl methyl sites for hydroxylation is 1. The van der Waals surface area contributed by atoms with Crippen molar-refractivity contribution in [3.8, 4) is 0 Å². The number of benzene rings is 1. The summed E-state index contributed by atoms with van der Waals surface area (Å²) in [6.45, 7) is 1.89. The van der Waals surface area contributed by atoms with Gasteiger partial charge in [0.2, 0.25) is 0 Å². The second-order valence-corrected chi connectivity index (χ2v) is 4.15. The van der Waals surface area contributed by atoms with Crippen molar-refractivity contribution in [3.05, 3.63) is 29.8 Å². The Morgan fingerprint density at radius 1 is 1.15 bits per heavy atom. The SMILES string of the molecule is COS(=O)(=O)c1ccc(C)cc1.[Na]. The molecule has 0 bridgehead atoms. The van der Waals surface area contributed by atoms with E-state index in [4.69, 9.17) is 0 Å². The van der Waals surface area contributed by atoms with Crippen LogP contribution in [0.4, 0.5) is 0 Å². The van der Waals surface area contributed by atoms with Crippen molar-refractivity contribution in [1.29, 1.82) is 0 Å². The molecule has 1 aromatic rings. The molecule has 0 fully saturated rings. The van der Waals surface area contributed by atoms with Crippen LogP contribution in [0.1, 0.15) is 5.56 Å². The van der Waals surface area contributed by atoms with Crippen molar-refractivity contribution >= 4 is 39.7 Å². The molecule has 0 atom stereocenters. The van der Waals surface area contributed by atoms with Gasteiger partial charge in [0.25, 0.3) is 10.1 Å². The molecule has 0 N–H and O–H groups in total. The molecule has 1 aromatic carbocycles. The minimum absolute atomic E-state index is 0. The minimum atomic E-state index is -3.51. The summed E-state index contributed by atoms with van der Waals surface area (Å²) in [6, 6.07) is 6.50. The van der Waals surface area contributed by atoms with Crippen LogP contribution in [0.3, 0.4) is 0 Å². The third kappa shape index (κ3) is 3.40. The van der Waals surface area contributed by atoms with Crippen molar-refractivity contribution in [2.45, 2.75) is 11.8 Å². The summed E-state index contributed by atoms with van der Waals surface area (Å²) in [5.41, 5.74) is 1.02. The van der Waals surface area contributed by atoms with Crippen molar-refractivity contribution < 1.29 is 12.6 Å². The van der Waals surface area contributed by atoms with Crippen LogP contribution in [-0.4, -0.2) is 45.1 Å². The zero-order valence-electron chi connectivity index (χ0n) is 7.94. The summed E-state index contributed by atoms with van der Waals surface area (Å²) in [5, 5.41) is 0. The maximum absolute atomic E-state index is 11.1. The van der Waals surface area contributed by atoms with Crippen LogP contribution in [0.5, 0.6) is 0 Å². The van der Waals surface area contributed by atoms with Gasteiger partial charge in [-0.05, 0) is 19.1 Å². The van der Waals surface area contributed by atoms with E-state index >= 15 is 0 Å². The topological polar surface area (TPSA) is 43.4 Å². The van der Waals surface area contributed by atoms with E-state index in [1.54, 1.807) is 12.1 Å². The molecule has 0 amide bonds. The van der Waals surface area contributed by atoms with Crippen LogP contribution < -0.4 is 0 Å². The zero-order valence-corrected chi connectivity index (χ0v) is 10.8. The Bertz CT molecular complexity index is 355. The van der Waals surface area contributed by atoms with Crippen molar-refractivity contribution in [2.75, 3.05) is 7.11 Å². The van der Waals surface area contributed by atoms with Crippen LogP contribution in [0, 0.1) is 6.92 Å². The van der Waals surface area contributed by atoms with Gasteiger partial charge >= 0.3 is 0 Å². The molecule has 0 aliphatic heterocycles. The molecule has 0 unspecified atom stereocenters. The molecular formula is C8H10NaO3S. The van der Waals surface area contributed by atoms with Crippen LogP contribution in [0.25, 0.3) is 0 Å². The first-order valence-electron chi connectivity index (χ1n) is 3.43. The van der Waals surface area contributed by atoms with Gasteiger partial charge in [-0.15, -0.1) is 0 Å². The summed E-state index contributed by atoms with van der Waals surface area (Å²) < 4.78 is 26.5. The average Bonchev–Trinajstić information content (AvgIpc) is 2.05. The second kappa shape index (κ2) is 5.12. The van der Waals surface area contributed by atoms with Crippen LogP contribution in [0.15, 0.2) is 29.2 Å². The number of rotatable bonds is 2. The van der Waals surface area contributed by atoms with Gasteiger partial charge in [0.05, 0.1) is 12.0 Å². The Morgan fingerprint density at radius 3 is 2.00 bits per heavy atom. The first kappa shape index (κ1) is 13.1. The number of hydrogen-bond acceptors (Lipinski definition) is 3. The third-order valence-electron chi connectivity index (χ3n) is 1.53. The summed E-state index contributed by atoms with van der Waals surface area (Å²) in [6.07, 6.45) is 0. The monoisotopic (exact) mass is 209 g/mol. The fourth-order valence-electron chi connectivity index (χ4n) is 0.801. The zero-order chi connectivity index (χ0) is 9.19. The van der Waals surface area contributed by atoms with E-state index in [1.165, 1.54) is 12.1 Å². The minimum Gasteiger partial charge on any atom is -0.270 e. The van der Waals surface area contributed by atoms with Gasteiger partial charge in [-0.2, -0.15) is 8.42 Å². The molecular weight excluding hydrogens is 199 g/mol. The molecule has 1 radical (unpaired) electrons. The van der Waals surface area contributed by atoms with Crippen molar-refractivity contribution in [1.82, 2.24) is 0 Å². The van der Waals surface area contributed by atoms with Gasteiger partial charge in [0, 0.05) is 29.6 Å². The Hall–Kier alpha value is 0.130. The van der Waals surface area contributed by atoms with E-state index < -0.39 is 10.1 Å². The largest absolute Gasteiger partial charge is 0.296 e. The van der Waals surface area contributed by atoms with E-state index in [1.807, 2.05) is 6.92 Å². The molecule has 3 nitrogen and oxygen atoms in total. The first-order valence-corrected chi connectivity index (χ1v) is 4.84. The van der Waals surface area contributed by atoms with Gasteiger partial charge in [0.15, 0.2) is 0 Å². The van der Waals surface area contributed by atoms with Crippen LogP contribution >= 0.6 is 0 Å². The predicted molar refractivity (Wildman–Crippen MR) is 51.1 cm³/mol. The van der Waals surface area contributed by atoms with E-state index in [9.17, 15) is 8.42 Å². The fraction of sp³-hybridized carbons (Fsp3) is 0.250. The molecule has 1 rings (SSSR count). The van der Waals surface area contributed by atoms with Gasteiger partial charge < -0.3 is 0 Å². The molecule has 0 saturated carbocycles. The second-order valence-electron chi connectivity index (χ2n) is 2.43. The smallest absolute Gasteiger partial charge is 0.270 e. The third-order valence-corrected chi connectivity index (χ3v) is 2.82. The average molecular weight is 209 g/mol. The maximum Gasteiger partial charge on any atom is 0.296 e. The molecule has 0 aromatic heterocycles. The van der Waals surface area contributed by atoms with E-state index in [-0.39, 0.29) is 34.5 Å². The molecule has 0 heterocycles. The Balaban J connectivity index is 0.00000144. The van der Waals surface area contributed by atoms with Gasteiger partial charge in [-0.3, -0.25) is 4.18 Å². The van der Waals surface area contributed by atoms with Crippen molar-refractivity contribution in [2.24, 2.45) is 0 Å². The summed E-state index contributed by atoms with van der Waals surface area (Å²) in [5.74, 6) is 0. The van der Waals surface area contributed by atoms with Crippen LogP contribution in [-0.2, 0) is 14.3 Å². The predicted octanol–water partition coefficient (Wildman–Crippen LogP) is 0.949. The summed E-state index contributed by atoms with van der Waals surface area (Å²) in [4.78, 5) is 0.190. The quantitative estimate of drug-likeness (QED) is 0.538. The first-order chi connectivity index (χ1) is 5.56. The van der Waals surface area contributed by atoms with Crippen LogP contribution in [0.2, 0.25) is 0 Å². The van der Waals surface area contributed by atoms with Crippen molar-refractivity contribution in [3.63, 3.8) is 0 Å². The Kier molecular flexibility index (Phi) is 5.17. The Morgan fingerprint density at radius 2 is 1.62 bits per heavy atom. The molecule has 67 valence electrons. The van der Waals surface area contributed by atoms with E-state index in [2.05, 4.69) is 4.18 Å². The van der Waals surface area contributed by atoms with Gasteiger partial charge in [-0.25, -0.2) is 0 Å². The normalized spacial score (nSPS) is 10.6. The molecule has 0 saturated heterocycles. The molecule has 5 heteroatoms. The number of hydrogen-bond donors (Lipinski definition) is 0. The van der Waals surface area contributed by atoms with E-state index in [0.717, 1.165) is 12.7 Å². The maximum atomic E-state index is 11.1. The fourth-order valence-corrected chi connectivity index (χ4v) is 1.46. The Labute approximate surface area is 101 Å². The molecule has 0 spiro atoms. The molecule has 0 aliphatic rings. The standard InChI is InChI=1S/C8H10O3S.Na/c1-7-3-5-8(6-4-7)12(9,10)11-2;/h3-6H,1-2H3;. The summed E-state index contributed by atoms with van der Waals surface area (Å²) in [7, 11) is -2.37. The van der Waals surface area contributed by atoms with E-state index in [0.29, 0.717) is 0 Å². The molecule has 0 aliphatic carbocycles.